The molecular weight excluding hydrogens is 352 g/mol. The van der Waals surface area contributed by atoms with Gasteiger partial charge in [0.2, 0.25) is 0 Å². The number of piperidine rings is 1. The van der Waals surface area contributed by atoms with Crippen molar-refractivity contribution in [2.45, 2.75) is 58.8 Å². The maximum atomic E-state index is 13.2. The van der Waals surface area contributed by atoms with Gasteiger partial charge < -0.3 is 5.32 Å². The smallest absolute Gasteiger partial charge is 0.128 e. The maximum absolute atomic E-state index is 13.2. The van der Waals surface area contributed by atoms with Gasteiger partial charge in [0.05, 0.1) is 4.90 Å². The van der Waals surface area contributed by atoms with Gasteiger partial charge in [0.15, 0.2) is 0 Å². The van der Waals surface area contributed by atoms with Crippen LogP contribution in [0.15, 0.2) is 47.4 Å². The van der Waals surface area contributed by atoms with E-state index in [0.717, 1.165) is 48.3 Å². The summed E-state index contributed by atoms with van der Waals surface area (Å²) in [6, 6.07) is 14.4. The molecule has 2 aromatic carbocycles. The lowest BCUT2D eigenvalue weighted by Gasteiger charge is -2.29. The van der Waals surface area contributed by atoms with Gasteiger partial charge in [-0.15, -0.1) is 0 Å². The first-order valence-corrected chi connectivity index (χ1v) is 11.8. The molecule has 1 aliphatic rings. The van der Waals surface area contributed by atoms with Gasteiger partial charge in [-0.3, -0.25) is 0 Å². The molecule has 0 bridgehead atoms. The Kier molecular flexibility index (Phi) is 12.2. The number of benzene rings is 2. The zero-order valence-corrected chi connectivity index (χ0v) is 18.6. The van der Waals surface area contributed by atoms with E-state index in [0.29, 0.717) is 5.92 Å². The Hall–Kier alpha value is -1.23. The van der Waals surface area contributed by atoms with Crippen LogP contribution in [0, 0.1) is 5.92 Å². The van der Waals surface area contributed by atoms with Crippen LogP contribution in [0.4, 0.5) is 0 Å². The van der Waals surface area contributed by atoms with Crippen LogP contribution in [0.5, 0.6) is 0 Å². The Bertz CT molecular complexity index is 663. The van der Waals surface area contributed by atoms with E-state index in [9.17, 15) is 4.21 Å². The highest BCUT2D eigenvalue weighted by Gasteiger charge is 2.22. The molecule has 3 rings (SSSR count). The molecule has 0 spiro atoms. The summed E-state index contributed by atoms with van der Waals surface area (Å²) < 4.78 is 15.4. The monoisotopic (exact) mass is 390 g/mol. The molecule has 4 heteroatoms. The lowest BCUT2D eigenvalue weighted by atomic mass is 9.98. The fraction of sp³-hybridized carbons (Fsp3) is 0.565. The Morgan fingerprint density at radius 3 is 2.30 bits per heavy atom. The van der Waals surface area contributed by atoms with Gasteiger partial charge in [0, 0.05) is 13.1 Å². The van der Waals surface area contributed by atoms with E-state index in [1.54, 1.807) is 0 Å². The molecule has 3 nitrogen and oxygen atoms in total. The zero-order chi connectivity index (χ0) is 20.1. The van der Waals surface area contributed by atoms with Crippen LogP contribution in [0.25, 0.3) is 10.8 Å². The van der Waals surface area contributed by atoms with Gasteiger partial charge in [-0.05, 0) is 55.1 Å². The van der Waals surface area contributed by atoms with Gasteiger partial charge in [0.25, 0.3) is 0 Å². The van der Waals surface area contributed by atoms with Crippen LogP contribution in [-0.4, -0.2) is 34.7 Å². The fourth-order valence-corrected chi connectivity index (χ4v) is 4.87. The van der Waals surface area contributed by atoms with Crippen LogP contribution >= 0.6 is 0 Å². The van der Waals surface area contributed by atoms with E-state index < -0.39 is 11.0 Å². The molecule has 0 amide bonds. The minimum absolute atomic E-state index is 0.654. The van der Waals surface area contributed by atoms with Gasteiger partial charge >= 0.3 is 0 Å². The zero-order valence-electron chi connectivity index (χ0n) is 17.8. The van der Waals surface area contributed by atoms with Gasteiger partial charge in [0.1, 0.15) is 11.0 Å². The predicted octanol–water partition coefficient (Wildman–Crippen LogP) is 5.63. The van der Waals surface area contributed by atoms with E-state index in [1.165, 1.54) is 12.8 Å². The maximum Gasteiger partial charge on any atom is 0.128 e. The Morgan fingerprint density at radius 1 is 1.00 bits per heavy atom. The fourth-order valence-electron chi connectivity index (χ4n) is 3.33. The van der Waals surface area contributed by atoms with Crippen molar-refractivity contribution in [3.63, 3.8) is 0 Å². The summed E-state index contributed by atoms with van der Waals surface area (Å²) in [6.07, 6.45) is 3.40. The van der Waals surface area contributed by atoms with E-state index in [-0.39, 0.29) is 0 Å². The lowest BCUT2D eigenvalue weighted by molar-refractivity contribution is 0.296. The number of hydrogen-bond donors (Lipinski definition) is 1. The summed E-state index contributed by atoms with van der Waals surface area (Å²) in [6.45, 7) is 14.2. The topological polar surface area (TPSA) is 32.3 Å². The van der Waals surface area contributed by atoms with Crippen molar-refractivity contribution >= 4 is 21.8 Å². The summed E-state index contributed by atoms with van der Waals surface area (Å²) in [5.41, 5.74) is 0. The summed E-state index contributed by atoms with van der Waals surface area (Å²) >= 11 is 0. The molecule has 1 N–H and O–H groups in total. The van der Waals surface area contributed by atoms with Gasteiger partial charge in [-0.25, -0.2) is 8.51 Å². The van der Waals surface area contributed by atoms with Crippen LogP contribution in [0.1, 0.15) is 53.9 Å². The molecule has 0 radical (unpaired) electrons. The first-order chi connectivity index (χ1) is 13.3. The van der Waals surface area contributed by atoms with E-state index in [2.05, 4.69) is 34.7 Å². The minimum Gasteiger partial charge on any atom is -0.317 e. The van der Waals surface area contributed by atoms with Crippen molar-refractivity contribution in [2.24, 2.45) is 5.92 Å². The van der Waals surface area contributed by atoms with Gasteiger partial charge in [-0.2, -0.15) is 0 Å². The third-order valence-electron chi connectivity index (χ3n) is 4.57. The van der Waals surface area contributed by atoms with Crippen LogP contribution in [0.2, 0.25) is 0 Å². The highest BCUT2D eigenvalue weighted by molar-refractivity contribution is 7.83. The highest BCUT2D eigenvalue weighted by Crippen LogP contribution is 2.25. The predicted molar refractivity (Wildman–Crippen MR) is 121 cm³/mol. The molecule has 1 atom stereocenters. The van der Waals surface area contributed by atoms with Crippen molar-refractivity contribution in [1.29, 1.82) is 0 Å². The molecule has 0 aliphatic carbocycles. The second-order valence-electron chi connectivity index (χ2n) is 6.31. The summed E-state index contributed by atoms with van der Waals surface area (Å²) in [5.74, 6) is 0.654. The number of fused-ring (bicyclic) bond motifs is 1. The first kappa shape index (κ1) is 23.8. The quantitative estimate of drug-likeness (QED) is 0.693. The summed E-state index contributed by atoms with van der Waals surface area (Å²) in [4.78, 5) is 0.950. The third-order valence-corrected chi connectivity index (χ3v) is 6.10. The molecule has 152 valence electrons. The Balaban J connectivity index is 0.000000855. The number of rotatable bonds is 6. The molecular formula is C23H38N2OS. The molecule has 2 aromatic rings. The third kappa shape index (κ3) is 7.02. The van der Waals surface area contributed by atoms with Crippen LogP contribution < -0.4 is 5.32 Å². The average molecular weight is 391 g/mol. The molecule has 1 heterocycles. The number of nitrogens with one attached hydrogen (secondary N) is 1. The van der Waals surface area contributed by atoms with Gasteiger partial charge in [-0.1, -0.05) is 71.0 Å². The Morgan fingerprint density at radius 2 is 1.63 bits per heavy atom. The normalized spacial score (nSPS) is 15.5. The van der Waals surface area contributed by atoms with Crippen molar-refractivity contribution in [3.05, 3.63) is 42.5 Å². The Labute approximate surface area is 169 Å². The van der Waals surface area contributed by atoms with Crippen molar-refractivity contribution < 1.29 is 4.21 Å². The summed E-state index contributed by atoms with van der Waals surface area (Å²) in [7, 11) is -1.08. The second kappa shape index (κ2) is 13.9. The average Bonchev–Trinajstić information content (AvgIpc) is 2.76. The molecule has 1 fully saturated rings. The SMILES string of the molecule is CC.CC.CCCN(CC1CCNCC1)S(=O)c1cccc2ccccc12. The van der Waals surface area contributed by atoms with Crippen LogP contribution in [-0.2, 0) is 11.0 Å². The number of nitrogens with zero attached hydrogens (tertiary/aromatic N) is 1. The molecule has 27 heavy (non-hydrogen) atoms. The standard InChI is InChI=1S/C19H26N2OS.2C2H6/c1-2-14-21(15-16-10-12-20-13-11-16)23(22)19-9-5-7-17-6-3-4-8-18(17)19;2*1-2/h3-9,16,20H,2,10-15H2,1H3;2*1-2H3. The molecule has 1 aliphatic heterocycles. The minimum atomic E-state index is -1.08. The van der Waals surface area contributed by atoms with Crippen molar-refractivity contribution in [1.82, 2.24) is 9.62 Å². The lowest BCUT2D eigenvalue weighted by Crippen LogP contribution is -2.37. The van der Waals surface area contributed by atoms with Crippen molar-refractivity contribution in [2.75, 3.05) is 26.2 Å². The highest BCUT2D eigenvalue weighted by atomic mass is 32.2. The summed E-state index contributed by atoms with van der Waals surface area (Å²) in [5, 5.41) is 5.69. The first-order valence-electron chi connectivity index (χ1n) is 10.6. The van der Waals surface area contributed by atoms with Crippen LogP contribution in [0.3, 0.4) is 0 Å². The van der Waals surface area contributed by atoms with E-state index >= 15 is 0 Å². The van der Waals surface area contributed by atoms with Crippen molar-refractivity contribution in [3.8, 4) is 0 Å². The van der Waals surface area contributed by atoms with E-state index in [4.69, 9.17) is 0 Å². The van der Waals surface area contributed by atoms with E-state index in [1.807, 2.05) is 52.0 Å². The molecule has 1 saturated heterocycles. The molecule has 0 aromatic heterocycles. The molecule has 1 unspecified atom stereocenters. The number of hydrogen-bond acceptors (Lipinski definition) is 2. The second-order valence-corrected chi connectivity index (χ2v) is 7.76. The largest absolute Gasteiger partial charge is 0.317 e. The molecule has 0 saturated carbocycles.